The largest absolute Gasteiger partial charge is 0.548 e. The lowest BCUT2D eigenvalue weighted by atomic mass is 10.1. The molecular formula is C19H15N2O6S3-. The van der Waals surface area contributed by atoms with E-state index in [1.165, 1.54) is 30.0 Å². The van der Waals surface area contributed by atoms with Gasteiger partial charge in [-0.15, -0.1) is 0 Å². The van der Waals surface area contributed by atoms with Crippen molar-refractivity contribution in [1.82, 2.24) is 4.90 Å². The Morgan fingerprint density at radius 1 is 1.33 bits per heavy atom. The summed E-state index contributed by atoms with van der Waals surface area (Å²) in [7, 11) is 0. The van der Waals surface area contributed by atoms with Gasteiger partial charge in [-0.3, -0.25) is 19.8 Å². The number of carbonyl (C=O) groups excluding carboxylic acids is 2. The zero-order valence-electron chi connectivity index (χ0n) is 15.6. The standard InChI is InChI=1S/C19H16N2O6S3/c1-29-9-8-14(18(23)24)20-17(22)16(30-19(20)28)10-13-6-7-15(27-13)11-2-4-12(5-3-11)21(25)26/h2-7,10,14H,8-9H2,1H3,(H,23,24)/p-1/b16-10+/t14-/m0/s1. The van der Waals surface area contributed by atoms with Gasteiger partial charge in [-0.2, -0.15) is 11.8 Å². The molecule has 1 aliphatic rings. The number of furan rings is 1. The molecule has 0 unspecified atom stereocenters. The van der Waals surface area contributed by atoms with Crippen LogP contribution in [0.3, 0.4) is 0 Å². The first-order chi connectivity index (χ1) is 14.3. The number of non-ortho nitro benzene ring substituents is 1. The number of thiocarbonyl (C=S) groups is 1. The number of nitro groups is 1. The summed E-state index contributed by atoms with van der Waals surface area (Å²) in [5.41, 5.74) is 0.611. The van der Waals surface area contributed by atoms with Gasteiger partial charge in [0, 0.05) is 23.8 Å². The summed E-state index contributed by atoms with van der Waals surface area (Å²) in [6.07, 6.45) is 3.57. The number of carboxylic acids is 1. The summed E-state index contributed by atoms with van der Waals surface area (Å²) in [6, 6.07) is 8.08. The van der Waals surface area contributed by atoms with E-state index < -0.39 is 22.8 Å². The molecule has 0 radical (unpaired) electrons. The molecule has 0 aliphatic carbocycles. The minimum atomic E-state index is -1.35. The lowest BCUT2D eigenvalue weighted by molar-refractivity contribution is -0.384. The zero-order valence-corrected chi connectivity index (χ0v) is 18.1. The summed E-state index contributed by atoms with van der Waals surface area (Å²) in [5, 5.41) is 22.3. The first kappa shape index (κ1) is 22.1. The van der Waals surface area contributed by atoms with Crippen LogP contribution in [0.15, 0.2) is 45.7 Å². The molecule has 1 aromatic heterocycles. The van der Waals surface area contributed by atoms with E-state index in [-0.39, 0.29) is 21.3 Å². The Kier molecular flexibility index (Phi) is 6.95. The third kappa shape index (κ3) is 4.74. The van der Waals surface area contributed by atoms with Crippen LogP contribution in [-0.2, 0) is 9.59 Å². The van der Waals surface area contributed by atoms with E-state index in [0.717, 1.165) is 16.7 Å². The van der Waals surface area contributed by atoms with Gasteiger partial charge in [0.05, 0.1) is 21.8 Å². The summed E-state index contributed by atoms with van der Waals surface area (Å²) < 4.78 is 5.87. The molecule has 1 aliphatic heterocycles. The van der Waals surface area contributed by atoms with Crippen LogP contribution in [0.5, 0.6) is 0 Å². The van der Waals surface area contributed by atoms with Crippen molar-refractivity contribution in [2.24, 2.45) is 0 Å². The molecule has 0 N–H and O–H groups in total. The Morgan fingerprint density at radius 3 is 2.63 bits per heavy atom. The van der Waals surface area contributed by atoms with Crippen molar-refractivity contribution < 1.29 is 24.0 Å². The highest BCUT2D eigenvalue weighted by Gasteiger charge is 2.37. The van der Waals surface area contributed by atoms with Gasteiger partial charge in [-0.25, -0.2) is 0 Å². The van der Waals surface area contributed by atoms with Crippen LogP contribution in [0.1, 0.15) is 12.2 Å². The molecule has 0 bridgehead atoms. The van der Waals surface area contributed by atoms with Gasteiger partial charge in [-0.1, -0.05) is 24.0 Å². The zero-order chi connectivity index (χ0) is 21.8. The predicted molar refractivity (Wildman–Crippen MR) is 118 cm³/mol. The SMILES string of the molecule is CSCC[C@@H](C(=O)[O-])N1C(=O)/C(=C\c2ccc(-c3ccc([N+](=O)[O-])cc3)o2)SC1=S. The minimum Gasteiger partial charge on any atom is -0.548 e. The van der Waals surface area contributed by atoms with Gasteiger partial charge < -0.3 is 14.3 Å². The maximum Gasteiger partial charge on any atom is 0.269 e. The smallest absolute Gasteiger partial charge is 0.269 e. The number of rotatable bonds is 8. The lowest BCUT2D eigenvalue weighted by Gasteiger charge is -2.27. The Morgan fingerprint density at radius 2 is 2.03 bits per heavy atom. The molecule has 1 amide bonds. The second-order valence-electron chi connectivity index (χ2n) is 6.17. The normalized spacial score (nSPS) is 16.3. The second kappa shape index (κ2) is 9.45. The molecule has 1 saturated heterocycles. The molecule has 30 heavy (non-hydrogen) atoms. The van der Waals surface area contributed by atoms with Crippen LogP contribution >= 0.6 is 35.7 Å². The topological polar surface area (TPSA) is 117 Å². The van der Waals surface area contributed by atoms with E-state index in [9.17, 15) is 24.8 Å². The molecule has 156 valence electrons. The van der Waals surface area contributed by atoms with Crippen LogP contribution < -0.4 is 5.11 Å². The predicted octanol–water partition coefficient (Wildman–Crippen LogP) is 2.93. The summed E-state index contributed by atoms with van der Waals surface area (Å²) in [6.45, 7) is 0. The first-order valence-electron chi connectivity index (χ1n) is 8.63. The third-order valence-corrected chi connectivity index (χ3v) is 6.24. The van der Waals surface area contributed by atoms with Crippen molar-refractivity contribution in [1.29, 1.82) is 0 Å². The van der Waals surface area contributed by atoms with Crippen molar-refractivity contribution in [2.45, 2.75) is 12.5 Å². The van der Waals surface area contributed by atoms with Crippen molar-refractivity contribution in [3.63, 3.8) is 0 Å². The Bertz CT molecular complexity index is 1030. The number of hydrogen-bond donors (Lipinski definition) is 0. The van der Waals surface area contributed by atoms with Crippen LogP contribution in [-0.4, -0.2) is 44.1 Å². The maximum atomic E-state index is 12.8. The number of thioether (sulfide) groups is 2. The van der Waals surface area contributed by atoms with Crippen LogP contribution in [0, 0.1) is 10.1 Å². The van der Waals surface area contributed by atoms with Crippen LogP contribution in [0.2, 0.25) is 0 Å². The van der Waals surface area contributed by atoms with Crippen molar-refractivity contribution in [3.8, 4) is 11.3 Å². The molecule has 0 spiro atoms. The molecule has 1 atom stereocenters. The lowest BCUT2D eigenvalue weighted by Crippen LogP contribution is -2.50. The number of hydrogen-bond acceptors (Lipinski definition) is 9. The minimum absolute atomic E-state index is 0.0295. The van der Waals surface area contributed by atoms with Gasteiger partial charge in [-0.05, 0) is 42.7 Å². The van der Waals surface area contributed by atoms with Crippen molar-refractivity contribution in [2.75, 3.05) is 12.0 Å². The Labute approximate surface area is 185 Å². The quantitative estimate of drug-likeness (QED) is 0.252. The highest BCUT2D eigenvalue weighted by molar-refractivity contribution is 8.26. The fourth-order valence-electron chi connectivity index (χ4n) is 2.79. The van der Waals surface area contributed by atoms with E-state index in [2.05, 4.69) is 0 Å². The summed E-state index contributed by atoms with van der Waals surface area (Å²) in [5.74, 6) is -0.461. The molecule has 2 aromatic rings. The number of nitro benzene ring substituents is 1. The molecule has 0 saturated carbocycles. The highest BCUT2D eigenvalue weighted by Crippen LogP contribution is 2.35. The van der Waals surface area contributed by atoms with Crippen LogP contribution in [0.25, 0.3) is 17.4 Å². The number of aliphatic carboxylic acids is 1. The van der Waals surface area contributed by atoms with E-state index in [4.69, 9.17) is 16.6 Å². The fourth-order valence-corrected chi connectivity index (χ4v) is 4.59. The summed E-state index contributed by atoms with van der Waals surface area (Å²) >= 11 is 7.69. The highest BCUT2D eigenvalue weighted by atomic mass is 32.2. The number of amides is 1. The number of nitrogens with zero attached hydrogens (tertiary/aromatic N) is 2. The number of carbonyl (C=O) groups is 2. The van der Waals surface area contributed by atoms with E-state index in [1.54, 1.807) is 24.3 Å². The average Bonchev–Trinajstić information content (AvgIpc) is 3.28. The molecule has 1 aromatic carbocycles. The van der Waals surface area contributed by atoms with Gasteiger partial charge in [0.2, 0.25) is 0 Å². The Balaban J connectivity index is 1.80. The number of benzene rings is 1. The first-order valence-corrected chi connectivity index (χ1v) is 11.2. The van der Waals surface area contributed by atoms with Crippen molar-refractivity contribution >= 4 is 63.7 Å². The maximum absolute atomic E-state index is 12.8. The van der Waals surface area contributed by atoms with E-state index >= 15 is 0 Å². The van der Waals surface area contributed by atoms with Gasteiger partial charge >= 0.3 is 0 Å². The molecular weight excluding hydrogens is 448 g/mol. The van der Waals surface area contributed by atoms with Gasteiger partial charge in [0.1, 0.15) is 15.8 Å². The molecule has 2 heterocycles. The van der Waals surface area contributed by atoms with Crippen molar-refractivity contribution in [3.05, 3.63) is 57.2 Å². The summed E-state index contributed by atoms with van der Waals surface area (Å²) in [4.78, 5) is 35.9. The monoisotopic (exact) mass is 463 g/mol. The molecule has 1 fully saturated rings. The van der Waals surface area contributed by atoms with Crippen LogP contribution in [0.4, 0.5) is 5.69 Å². The van der Waals surface area contributed by atoms with Gasteiger partial charge in [0.25, 0.3) is 11.6 Å². The Hall–Kier alpha value is -2.63. The van der Waals surface area contributed by atoms with Gasteiger partial charge in [0.15, 0.2) is 0 Å². The number of carboxylic acid groups (broad SMARTS) is 1. The van der Waals surface area contributed by atoms with E-state index in [0.29, 0.717) is 22.8 Å². The second-order valence-corrected chi connectivity index (χ2v) is 8.84. The molecule has 8 nitrogen and oxygen atoms in total. The van der Waals surface area contributed by atoms with E-state index in [1.807, 2.05) is 6.26 Å². The average molecular weight is 464 g/mol. The molecule has 3 rings (SSSR count). The third-order valence-electron chi connectivity index (χ3n) is 4.27. The molecule has 11 heteroatoms. The fraction of sp³-hybridized carbons (Fsp3) is 0.211.